The smallest absolute Gasteiger partial charge is 0.150 e. The molecule has 3 nitrogen and oxygen atoms in total. The van der Waals surface area contributed by atoms with Crippen molar-refractivity contribution in [2.45, 2.75) is 19.3 Å². The van der Waals surface area contributed by atoms with E-state index in [4.69, 9.17) is 0 Å². The SMILES string of the molecule is CNCC/C=C\C1CCS(=O)(=O)CC1. The van der Waals surface area contributed by atoms with E-state index in [9.17, 15) is 8.42 Å². The lowest BCUT2D eigenvalue weighted by atomic mass is 10.0. The molecular formula is C10H19NO2S. The predicted molar refractivity (Wildman–Crippen MR) is 59.1 cm³/mol. The first-order chi connectivity index (χ1) is 6.64. The van der Waals surface area contributed by atoms with Crippen molar-refractivity contribution in [3.63, 3.8) is 0 Å². The van der Waals surface area contributed by atoms with Crippen molar-refractivity contribution in [2.24, 2.45) is 5.92 Å². The van der Waals surface area contributed by atoms with Crippen LogP contribution in [0.15, 0.2) is 12.2 Å². The van der Waals surface area contributed by atoms with E-state index < -0.39 is 9.84 Å². The molecule has 1 saturated heterocycles. The van der Waals surface area contributed by atoms with Crippen molar-refractivity contribution in [3.8, 4) is 0 Å². The van der Waals surface area contributed by atoms with Gasteiger partial charge < -0.3 is 5.32 Å². The quantitative estimate of drug-likeness (QED) is 0.564. The Bertz CT molecular complexity index is 268. The summed E-state index contributed by atoms with van der Waals surface area (Å²) in [5, 5.41) is 3.07. The Hall–Kier alpha value is -0.350. The van der Waals surface area contributed by atoms with Gasteiger partial charge >= 0.3 is 0 Å². The summed E-state index contributed by atoms with van der Waals surface area (Å²) in [5.74, 6) is 1.22. The van der Waals surface area contributed by atoms with Gasteiger partial charge in [-0.2, -0.15) is 0 Å². The fraction of sp³-hybridized carbons (Fsp3) is 0.800. The van der Waals surface area contributed by atoms with Gasteiger partial charge in [0.15, 0.2) is 0 Å². The third kappa shape index (κ3) is 4.24. The molecule has 0 bridgehead atoms. The number of sulfone groups is 1. The van der Waals surface area contributed by atoms with Crippen molar-refractivity contribution >= 4 is 9.84 Å². The summed E-state index contributed by atoms with van der Waals surface area (Å²) in [5.41, 5.74) is 0. The highest BCUT2D eigenvalue weighted by Crippen LogP contribution is 2.19. The monoisotopic (exact) mass is 217 g/mol. The molecule has 1 N–H and O–H groups in total. The molecule has 0 aromatic rings. The molecule has 0 aromatic carbocycles. The zero-order valence-corrected chi connectivity index (χ0v) is 9.52. The number of hydrogen-bond acceptors (Lipinski definition) is 3. The van der Waals surface area contributed by atoms with E-state index >= 15 is 0 Å². The highest BCUT2D eigenvalue weighted by Gasteiger charge is 2.21. The van der Waals surface area contributed by atoms with Crippen LogP contribution in [-0.2, 0) is 9.84 Å². The minimum atomic E-state index is -2.70. The Morgan fingerprint density at radius 1 is 1.36 bits per heavy atom. The molecule has 4 heteroatoms. The third-order valence-electron chi connectivity index (χ3n) is 2.57. The Labute approximate surface area is 86.5 Å². The van der Waals surface area contributed by atoms with E-state index in [0.29, 0.717) is 17.4 Å². The van der Waals surface area contributed by atoms with E-state index in [1.807, 2.05) is 7.05 Å². The molecule has 0 radical (unpaired) electrons. The first-order valence-corrected chi connectivity index (χ1v) is 6.98. The Morgan fingerprint density at radius 2 is 2.00 bits per heavy atom. The van der Waals surface area contributed by atoms with Crippen LogP contribution in [0.1, 0.15) is 19.3 Å². The standard InChI is InChI=1S/C10H19NO2S/c1-11-7-3-2-4-10-5-8-14(12,13)9-6-10/h2,4,10-11H,3,5-9H2,1H3/b4-2-. The molecule has 1 aliphatic rings. The molecule has 1 aliphatic heterocycles. The molecular weight excluding hydrogens is 198 g/mol. The molecule has 82 valence electrons. The number of rotatable bonds is 4. The number of hydrogen-bond donors (Lipinski definition) is 1. The van der Waals surface area contributed by atoms with Crippen LogP contribution in [0.5, 0.6) is 0 Å². The summed E-state index contributed by atoms with van der Waals surface area (Å²) in [7, 11) is -0.766. The lowest BCUT2D eigenvalue weighted by molar-refractivity contribution is 0.534. The van der Waals surface area contributed by atoms with Crippen molar-refractivity contribution in [3.05, 3.63) is 12.2 Å². The van der Waals surface area contributed by atoms with E-state index in [-0.39, 0.29) is 0 Å². The van der Waals surface area contributed by atoms with Crippen LogP contribution in [0.2, 0.25) is 0 Å². The topological polar surface area (TPSA) is 46.2 Å². The van der Waals surface area contributed by atoms with Crippen LogP contribution in [-0.4, -0.2) is 33.5 Å². The van der Waals surface area contributed by atoms with Gasteiger partial charge in [-0.3, -0.25) is 0 Å². The Balaban J connectivity index is 2.25. The molecule has 0 spiro atoms. The average molecular weight is 217 g/mol. The number of allylic oxidation sites excluding steroid dienone is 1. The first-order valence-electron chi connectivity index (χ1n) is 5.16. The lowest BCUT2D eigenvalue weighted by Gasteiger charge is -2.18. The van der Waals surface area contributed by atoms with Crippen LogP contribution in [0, 0.1) is 5.92 Å². The minimum Gasteiger partial charge on any atom is -0.319 e. The van der Waals surface area contributed by atoms with Crippen LogP contribution < -0.4 is 5.32 Å². The van der Waals surface area contributed by atoms with E-state index in [0.717, 1.165) is 25.8 Å². The van der Waals surface area contributed by atoms with Crippen molar-refractivity contribution in [2.75, 3.05) is 25.1 Å². The van der Waals surface area contributed by atoms with E-state index in [2.05, 4.69) is 17.5 Å². The number of nitrogens with one attached hydrogen (secondary N) is 1. The third-order valence-corrected chi connectivity index (χ3v) is 4.28. The first kappa shape index (κ1) is 11.7. The average Bonchev–Trinajstić information content (AvgIpc) is 2.15. The van der Waals surface area contributed by atoms with Gasteiger partial charge in [0.2, 0.25) is 0 Å². The van der Waals surface area contributed by atoms with Gasteiger partial charge in [0, 0.05) is 0 Å². The molecule has 1 heterocycles. The summed E-state index contributed by atoms with van der Waals surface area (Å²) in [6, 6.07) is 0. The van der Waals surface area contributed by atoms with Crippen LogP contribution in [0.3, 0.4) is 0 Å². The second kappa shape index (κ2) is 5.51. The summed E-state index contributed by atoms with van der Waals surface area (Å²) in [4.78, 5) is 0. The van der Waals surface area contributed by atoms with Crippen LogP contribution >= 0.6 is 0 Å². The van der Waals surface area contributed by atoms with Gasteiger partial charge in [-0.05, 0) is 38.8 Å². The van der Waals surface area contributed by atoms with Gasteiger partial charge in [0.25, 0.3) is 0 Å². The maximum absolute atomic E-state index is 11.1. The van der Waals surface area contributed by atoms with Gasteiger partial charge in [-0.25, -0.2) is 8.42 Å². The van der Waals surface area contributed by atoms with Gasteiger partial charge in [-0.15, -0.1) is 0 Å². The highest BCUT2D eigenvalue weighted by atomic mass is 32.2. The summed E-state index contributed by atoms with van der Waals surface area (Å²) < 4.78 is 22.3. The zero-order valence-electron chi connectivity index (χ0n) is 8.70. The summed E-state index contributed by atoms with van der Waals surface area (Å²) >= 11 is 0. The highest BCUT2D eigenvalue weighted by molar-refractivity contribution is 7.91. The molecule has 1 rings (SSSR count). The van der Waals surface area contributed by atoms with Gasteiger partial charge in [-0.1, -0.05) is 12.2 Å². The molecule has 1 fully saturated rings. The van der Waals surface area contributed by atoms with Gasteiger partial charge in [0.05, 0.1) is 11.5 Å². The molecule has 0 atom stereocenters. The maximum atomic E-state index is 11.1. The minimum absolute atomic E-state index is 0.369. The van der Waals surface area contributed by atoms with Gasteiger partial charge in [0.1, 0.15) is 9.84 Å². The molecule has 0 aliphatic carbocycles. The Kier molecular flexibility index (Phi) is 4.62. The molecule has 0 amide bonds. The van der Waals surface area contributed by atoms with Crippen molar-refractivity contribution in [1.82, 2.24) is 5.32 Å². The van der Waals surface area contributed by atoms with Crippen molar-refractivity contribution in [1.29, 1.82) is 0 Å². The fourth-order valence-corrected chi connectivity index (χ4v) is 3.14. The van der Waals surface area contributed by atoms with Crippen LogP contribution in [0.4, 0.5) is 0 Å². The largest absolute Gasteiger partial charge is 0.319 e. The summed E-state index contributed by atoms with van der Waals surface area (Å²) in [6.45, 7) is 0.988. The molecule has 0 unspecified atom stereocenters. The van der Waals surface area contributed by atoms with Crippen LogP contribution in [0.25, 0.3) is 0 Å². The predicted octanol–water partition coefficient (Wildman–Crippen LogP) is 0.977. The molecule has 14 heavy (non-hydrogen) atoms. The fourth-order valence-electron chi connectivity index (χ4n) is 1.62. The summed E-state index contributed by atoms with van der Waals surface area (Å²) in [6.07, 6.45) is 6.96. The Morgan fingerprint density at radius 3 is 2.57 bits per heavy atom. The van der Waals surface area contributed by atoms with Crippen molar-refractivity contribution < 1.29 is 8.42 Å². The van der Waals surface area contributed by atoms with E-state index in [1.54, 1.807) is 0 Å². The van der Waals surface area contributed by atoms with E-state index in [1.165, 1.54) is 0 Å². The molecule has 0 saturated carbocycles. The molecule has 0 aromatic heterocycles. The normalized spacial score (nSPS) is 22.9. The zero-order chi connectivity index (χ0) is 10.4. The second-order valence-corrected chi connectivity index (χ2v) is 6.11. The lowest BCUT2D eigenvalue weighted by Crippen LogP contribution is -2.22. The second-order valence-electron chi connectivity index (χ2n) is 3.81. The maximum Gasteiger partial charge on any atom is 0.150 e.